The molecule has 0 heterocycles. The van der Waals surface area contributed by atoms with Crippen molar-refractivity contribution in [2.24, 2.45) is 17.8 Å². The molecule has 0 saturated heterocycles. The van der Waals surface area contributed by atoms with Gasteiger partial charge < -0.3 is 4.74 Å². The van der Waals surface area contributed by atoms with Gasteiger partial charge in [0.05, 0.1) is 0 Å². The van der Waals surface area contributed by atoms with Crippen LogP contribution in [0, 0.1) is 17.8 Å². The molecule has 2 saturated carbocycles. The molecule has 110 valence electrons. The van der Waals surface area contributed by atoms with Gasteiger partial charge in [0, 0.05) is 0 Å². The number of halogens is 1. The van der Waals surface area contributed by atoms with E-state index in [-0.39, 0.29) is 6.07 Å². The van der Waals surface area contributed by atoms with E-state index >= 15 is 0 Å². The van der Waals surface area contributed by atoms with Crippen LogP contribution in [0.15, 0.2) is 18.2 Å². The molecule has 1 aromatic rings. The Balaban J connectivity index is 1.93. The molecule has 0 N–H and O–H groups in total. The number of benzene rings is 1. The van der Waals surface area contributed by atoms with Crippen LogP contribution in [0.5, 0.6) is 5.75 Å². The van der Waals surface area contributed by atoms with Gasteiger partial charge in [-0.1, -0.05) is 50.6 Å². The Bertz CT molecular complexity index is 480. The van der Waals surface area contributed by atoms with Crippen LogP contribution < -0.4 is 4.74 Å². The number of ether oxygens (including phenoxy) is 1. The van der Waals surface area contributed by atoms with Crippen LogP contribution in [-0.4, -0.2) is 6.07 Å². The molecule has 0 amide bonds. The van der Waals surface area contributed by atoms with Gasteiger partial charge in [-0.15, -0.1) is 0 Å². The van der Waals surface area contributed by atoms with Crippen LogP contribution in [-0.2, 0) is 0 Å². The number of rotatable bonds is 6. The van der Waals surface area contributed by atoms with Crippen LogP contribution in [0.1, 0.15) is 63.0 Å². The molecule has 0 aliphatic heterocycles. The topological polar surface area (TPSA) is 9.23 Å². The second-order valence-electron chi connectivity index (χ2n) is 6.81. The fraction of sp³-hybridized carbons (Fsp3) is 0.667. The monoisotopic (exact) mass is 292 g/mol. The second kappa shape index (κ2) is 5.60. The van der Waals surface area contributed by atoms with E-state index in [4.69, 9.17) is 16.3 Å². The van der Waals surface area contributed by atoms with Gasteiger partial charge in [0.15, 0.2) is 6.07 Å². The molecule has 2 fully saturated rings. The van der Waals surface area contributed by atoms with E-state index in [9.17, 15) is 0 Å². The molecule has 4 atom stereocenters. The van der Waals surface area contributed by atoms with Gasteiger partial charge in [-0.2, -0.15) is 0 Å². The minimum absolute atomic E-state index is 0.244. The maximum atomic E-state index is 5.89. The van der Waals surface area contributed by atoms with E-state index in [2.05, 4.69) is 39.0 Å². The molecule has 2 heteroatoms. The lowest BCUT2D eigenvalue weighted by Crippen LogP contribution is -2.07. The molecule has 0 aromatic heterocycles. The van der Waals surface area contributed by atoms with Gasteiger partial charge in [-0.3, -0.25) is 0 Å². The lowest BCUT2D eigenvalue weighted by atomic mass is 9.88. The largest absolute Gasteiger partial charge is 0.477 e. The Hall–Kier alpha value is -0.690. The maximum Gasteiger partial charge on any atom is 0.162 e. The van der Waals surface area contributed by atoms with Crippen LogP contribution in [0.25, 0.3) is 0 Å². The zero-order valence-corrected chi connectivity index (χ0v) is 13.5. The maximum absolute atomic E-state index is 5.89. The Kier molecular flexibility index (Phi) is 3.99. The summed E-state index contributed by atoms with van der Waals surface area (Å²) in [6.45, 7) is 7.03. The van der Waals surface area contributed by atoms with Crippen molar-refractivity contribution in [2.45, 2.75) is 51.9 Å². The van der Waals surface area contributed by atoms with E-state index in [0.717, 1.165) is 23.5 Å². The minimum Gasteiger partial charge on any atom is -0.477 e. The fourth-order valence-corrected chi connectivity index (χ4v) is 3.75. The average Bonchev–Trinajstić information content (AvgIpc) is 3.33. The van der Waals surface area contributed by atoms with Crippen molar-refractivity contribution in [3.63, 3.8) is 0 Å². The summed E-state index contributed by atoms with van der Waals surface area (Å²) >= 11 is 5.89. The third-order valence-electron chi connectivity index (χ3n) is 5.40. The van der Waals surface area contributed by atoms with Gasteiger partial charge >= 0.3 is 0 Å². The van der Waals surface area contributed by atoms with Crippen molar-refractivity contribution >= 4 is 11.6 Å². The Morgan fingerprint density at radius 1 is 1.20 bits per heavy atom. The first-order valence-corrected chi connectivity index (χ1v) is 8.48. The van der Waals surface area contributed by atoms with Gasteiger partial charge in [0.2, 0.25) is 0 Å². The predicted octanol–water partition coefficient (Wildman–Crippen LogP) is 5.53. The van der Waals surface area contributed by atoms with Crippen molar-refractivity contribution in [1.82, 2.24) is 0 Å². The van der Waals surface area contributed by atoms with Crippen molar-refractivity contribution in [3.05, 3.63) is 29.3 Å². The first kappa shape index (κ1) is 14.3. The van der Waals surface area contributed by atoms with E-state index in [1.54, 1.807) is 0 Å². The highest BCUT2D eigenvalue weighted by Gasteiger charge is 2.39. The quantitative estimate of drug-likeness (QED) is 0.626. The van der Waals surface area contributed by atoms with Crippen molar-refractivity contribution in [2.75, 3.05) is 6.07 Å². The number of alkyl halides is 1. The van der Waals surface area contributed by atoms with Gasteiger partial charge in [0.25, 0.3) is 0 Å². The summed E-state index contributed by atoms with van der Waals surface area (Å²) in [5.74, 6) is 4.77. The molecule has 1 nitrogen and oxygen atoms in total. The van der Waals surface area contributed by atoms with Crippen molar-refractivity contribution in [1.29, 1.82) is 0 Å². The summed E-state index contributed by atoms with van der Waals surface area (Å²) in [7, 11) is 0. The highest BCUT2D eigenvalue weighted by molar-refractivity contribution is 6.17. The van der Waals surface area contributed by atoms with Crippen molar-refractivity contribution < 1.29 is 4.74 Å². The number of hydrogen-bond donors (Lipinski definition) is 0. The predicted molar refractivity (Wildman–Crippen MR) is 84.6 cm³/mol. The average molecular weight is 293 g/mol. The van der Waals surface area contributed by atoms with Gasteiger partial charge in [-0.05, 0) is 60.0 Å². The summed E-state index contributed by atoms with van der Waals surface area (Å²) in [6.07, 6.45) is 4.08. The lowest BCUT2D eigenvalue weighted by molar-refractivity contribution is 0.369. The molecule has 2 aliphatic carbocycles. The van der Waals surface area contributed by atoms with E-state index in [0.29, 0.717) is 11.8 Å². The third-order valence-corrected chi connectivity index (χ3v) is 5.51. The molecule has 4 unspecified atom stereocenters. The minimum atomic E-state index is 0.244. The second-order valence-corrected chi connectivity index (χ2v) is 7.03. The first-order chi connectivity index (χ1) is 9.63. The van der Waals surface area contributed by atoms with E-state index in [1.165, 1.54) is 30.4 Å². The molecule has 0 radical (unpaired) electrons. The summed E-state index contributed by atoms with van der Waals surface area (Å²) in [5.41, 5.74) is 2.73. The third kappa shape index (κ3) is 2.70. The molecule has 2 aliphatic rings. The summed E-state index contributed by atoms with van der Waals surface area (Å²) < 4.78 is 5.87. The zero-order valence-electron chi connectivity index (χ0n) is 12.7. The van der Waals surface area contributed by atoms with Crippen LogP contribution >= 0.6 is 11.6 Å². The van der Waals surface area contributed by atoms with Gasteiger partial charge in [0.1, 0.15) is 5.75 Å². The van der Waals surface area contributed by atoms with E-state index in [1.807, 2.05) is 0 Å². The number of hydrogen-bond acceptors (Lipinski definition) is 1. The summed E-state index contributed by atoms with van der Waals surface area (Å²) in [4.78, 5) is 0. The van der Waals surface area contributed by atoms with Crippen molar-refractivity contribution in [3.8, 4) is 5.75 Å². The highest BCUT2D eigenvalue weighted by Crippen LogP contribution is 2.52. The fourth-order valence-electron chi connectivity index (χ4n) is 3.64. The molecular formula is C18H25ClO. The van der Waals surface area contributed by atoms with Crippen LogP contribution in [0.2, 0.25) is 0 Å². The molecule has 20 heavy (non-hydrogen) atoms. The van der Waals surface area contributed by atoms with Crippen LogP contribution in [0.3, 0.4) is 0 Å². The van der Waals surface area contributed by atoms with E-state index < -0.39 is 0 Å². The highest BCUT2D eigenvalue weighted by atomic mass is 35.5. The molecule has 3 rings (SSSR count). The summed E-state index contributed by atoms with van der Waals surface area (Å²) in [6, 6.07) is 6.92. The molecular weight excluding hydrogens is 268 g/mol. The lowest BCUT2D eigenvalue weighted by Gasteiger charge is -2.22. The molecule has 1 aromatic carbocycles. The summed E-state index contributed by atoms with van der Waals surface area (Å²) in [5, 5.41) is 0. The molecule has 0 bridgehead atoms. The Morgan fingerprint density at radius 2 is 1.80 bits per heavy atom. The smallest absolute Gasteiger partial charge is 0.162 e. The molecule has 0 spiro atoms. The van der Waals surface area contributed by atoms with Gasteiger partial charge in [-0.25, -0.2) is 0 Å². The Labute approximate surface area is 127 Å². The number of para-hydroxylation sites is 1. The normalized spacial score (nSPS) is 28.0. The first-order valence-electron chi connectivity index (χ1n) is 7.95. The Morgan fingerprint density at radius 3 is 2.30 bits per heavy atom. The zero-order chi connectivity index (χ0) is 14.3. The SMILES string of the molecule is CC1CC1C(C)c1cccc(C(C)C2CC2)c1OCCl. The van der Waals surface area contributed by atoms with Crippen LogP contribution in [0.4, 0.5) is 0 Å². The standard InChI is InChI=1S/C18H25ClO/c1-11-9-17(11)13(3)16-6-4-5-15(18(16)20-10-19)12(2)14-7-8-14/h4-6,11-14,17H,7-10H2,1-3H3.